The highest BCUT2D eigenvalue weighted by Gasteiger charge is 2.41. The number of carboxylic acids is 1. The van der Waals surface area contributed by atoms with Crippen molar-refractivity contribution in [1.29, 1.82) is 0 Å². The van der Waals surface area contributed by atoms with Gasteiger partial charge >= 0.3 is 12.1 Å². The van der Waals surface area contributed by atoms with Gasteiger partial charge in [0.25, 0.3) is 0 Å². The Morgan fingerprint density at radius 2 is 2.12 bits per heavy atom. The van der Waals surface area contributed by atoms with Crippen LogP contribution in [0.15, 0.2) is 12.3 Å². The molecule has 4 nitrogen and oxygen atoms in total. The van der Waals surface area contributed by atoms with Crippen LogP contribution in [0.5, 0.6) is 0 Å². The van der Waals surface area contributed by atoms with Gasteiger partial charge in [-0.05, 0) is 24.8 Å². The molecule has 1 aromatic heterocycles. The molecule has 1 atom stereocenters. The summed E-state index contributed by atoms with van der Waals surface area (Å²) in [6, 6.07) is 0.731. The molecule has 2 rings (SSSR count). The highest BCUT2D eigenvalue weighted by atomic mass is 19.4. The van der Waals surface area contributed by atoms with Crippen molar-refractivity contribution in [2.24, 2.45) is 5.92 Å². The van der Waals surface area contributed by atoms with Crippen LogP contribution in [-0.2, 0) is 11.0 Å². The van der Waals surface area contributed by atoms with Crippen molar-refractivity contribution >= 4 is 5.97 Å². The first-order valence-corrected chi connectivity index (χ1v) is 5.02. The van der Waals surface area contributed by atoms with Crippen LogP contribution in [0.1, 0.15) is 30.3 Å². The van der Waals surface area contributed by atoms with Crippen molar-refractivity contribution in [2.75, 3.05) is 0 Å². The maximum atomic E-state index is 12.4. The van der Waals surface area contributed by atoms with Gasteiger partial charge in [-0.3, -0.25) is 4.79 Å². The second-order valence-corrected chi connectivity index (χ2v) is 3.95. The second kappa shape index (κ2) is 3.97. The largest absolute Gasteiger partial charge is 0.481 e. The summed E-state index contributed by atoms with van der Waals surface area (Å²) in [7, 11) is 0. The quantitative estimate of drug-likeness (QED) is 0.886. The fourth-order valence-electron chi connectivity index (χ4n) is 1.63. The zero-order valence-electron chi connectivity index (χ0n) is 8.61. The SMILES string of the molecule is O=C(O)C(c1nccc(C(F)(F)F)n1)C1CC1. The number of hydrogen-bond acceptors (Lipinski definition) is 3. The Kier molecular flexibility index (Phi) is 2.76. The van der Waals surface area contributed by atoms with Gasteiger partial charge in [0.1, 0.15) is 17.4 Å². The first-order valence-electron chi connectivity index (χ1n) is 5.02. The van der Waals surface area contributed by atoms with E-state index in [-0.39, 0.29) is 11.7 Å². The van der Waals surface area contributed by atoms with E-state index in [9.17, 15) is 18.0 Å². The molecule has 0 amide bonds. The Balaban J connectivity index is 2.34. The summed E-state index contributed by atoms with van der Waals surface area (Å²) >= 11 is 0. The molecule has 1 aromatic rings. The summed E-state index contributed by atoms with van der Waals surface area (Å²) in [4.78, 5) is 17.9. The van der Waals surface area contributed by atoms with Gasteiger partial charge in [-0.2, -0.15) is 13.2 Å². The molecule has 0 aromatic carbocycles. The lowest BCUT2D eigenvalue weighted by atomic mass is 10.0. The fourth-order valence-corrected chi connectivity index (χ4v) is 1.63. The van der Waals surface area contributed by atoms with Crippen molar-refractivity contribution in [3.8, 4) is 0 Å². The normalized spacial score (nSPS) is 17.8. The van der Waals surface area contributed by atoms with E-state index >= 15 is 0 Å². The first kappa shape index (κ1) is 11.8. The Morgan fingerprint density at radius 3 is 2.59 bits per heavy atom. The lowest BCUT2D eigenvalue weighted by molar-refractivity contribution is -0.143. The van der Waals surface area contributed by atoms with E-state index in [4.69, 9.17) is 5.11 Å². The Hall–Kier alpha value is -1.66. The third-order valence-electron chi connectivity index (χ3n) is 2.60. The van der Waals surface area contributed by atoms with E-state index in [2.05, 4.69) is 9.97 Å². The molecular formula is C10H9F3N2O2. The van der Waals surface area contributed by atoms with Gasteiger partial charge in [0.05, 0.1) is 0 Å². The Labute approximate surface area is 94.5 Å². The van der Waals surface area contributed by atoms with Crippen LogP contribution in [-0.4, -0.2) is 21.0 Å². The molecule has 1 saturated carbocycles. The minimum Gasteiger partial charge on any atom is -0.481 e. The van der Waals surface area contributed by atoms with E-state index in [1.165, 1.54) is 0 Å². The van der Waals surface area contributed by atoms with Gasteiger partial charge in [-0.25, -0.2) is 9.97 Å². The van der Waals surface area contributed by atoms with Gasteiger partial charge in [0.15, 0.2) is 0 Å². The number of carbonyl (C=O) groups is 1. The van der Waals surface area contributed by atoms with Gasteiger partial charge in [0.2, 0.25) is 0 Å². The van der Waals surface area contributed by atoms with Gasteiger partial charge in [-0.1, -0.05) is 0 Å². The van der Waals surface area contributed by atoms with Crippen LogP contribution in [0.4, 0.5) is 13.2 Å². The summed E-state index contributed by atoms with van der Waals surface area (Å²) in [6.07, 6.45) is -2.25. The van der Waals surface area contributed by atoms with Crippen LogP contribution < -0.4 is 0 Å². The summed E-state index contributed by atoms with van der Waals surface area (Å²) in [5.74, 6) is -2.60. The molecule has 1 aliphatic carbocycles. The molecule has 1 aliphatic rings. The number of hydrogen-bond donors (Lipinski definition) is 1. The van der Waals surface area contributed by atoms with Crippen molar-refractivity contribution in [1.82, 2.24) is 9.97 Å². The number of aromatic nitrogens is 2. The highest BCUT2D eigenvalue weighted by molar-refractivity contribution is 5.75. The zero-order chi connectivity index (χ0) is 12.6. The van der Waals surface area contributed by atoms with Crippen LogP contribution in [0.3, 0.4) is 0 Å². The Morgan fingerprint density at radius 1 is 1.47 bits per heavy atom. The van der Waals surface area contributed by atoms with E-state index in [1.54, 1.807) is 0 Å². The van der Waals surface area contributed by atoms with Gasteiger partial charge in [0, 0.05) is 6.20 Å². The molecule has 0 aliphatic heterocycles. The second-order valence-electron chi connectivity index (χ2n) is 3.95. The molecule has 0 radical (unpaired) electrons. The van der Waals surface area contributed by atoms with E-state index < -0.39 is 23.8 Å². The summed E-state index contributed by atoms with van der Waals surface area (Å²) < 4.78 is 37.2. The van der Waals surface area contributed by atoms with Crippen LogP contribution in [0.2, 0.25) is 0 Å². The van der Waals surface area contributed by atoms with Gasteiger partial charge in [-0.15, -0.1) is 0 Å². The monoisotopic (exact) mass is 246 g/mol. The van der Waals surface area contributed by atoms with Crippen LogP contribution in [0.25, 0.3) is 0 Å². The van der Waals surface area contributed by atoms with Crippen molar-refractivity contribution in [2.45, 2.75) is 24.9 Å². The molecule has 1 heterocycles. The highest BCUT2D eigenvalue weighted by Crippen LogP contribution is 2.42. The summed E-state index contributed by atoms with van der Waals surface area (Å²) in [5.41, 5.74) is -1.10. The Bertz CT molecular complexity index is 443. The topological polar surface area (TPSA) is 63.1 Å². The van der Waals surface area contributed by atoms with Crippen molar-refractivity contribution in [3.63, 3.8) is 0 Å². The standard InChI is InChI=1S/C10H9F3N2O2/c11-10(12,13)6-3-4-14-8(15-6)7(9(16)17)5-1-2-5/h3-5,7H,1-2H2,(H,16,17). The molecular weight excluding hydrogens is 237 g/mol. The summed E-state index contributed by atoms with van der Waals surface area (Å²) in [6.45, 7) is 0. The third kappa shape index (κ3) is 2.54. The minimum absolute atomic E-state index is 0.143. The first-order chi connectivity index (χ1) is 7.89. The van der Waals surface area contributed by atoms with E-state index in [0.29, 0.717) is 12.8 Å². The number of carboxylic acid groups (broad SMARTS) is 1. The average Bonchev–Trinajstić information content (AvgIpc) is 3.01. The van der Waals surface area contributed by atoms with Crippen molar-refractivity contribution in [3.05, 3.63) is 23.8 Å². The molecule has 0 spiro atoms. The predicted molar refractivity (Wildman–Crippen MR) is 50.1 cm³/mol. The smallest absolute Gasteiger partial charge is 0.433 e. The predicted octanol–water partition coefficient (Wildman–Crippen LogP) is 2.07. The van der Waals surface area contributed by atoms with E-state index in [0.717, 1.165) is 12.3 Å². The molecule has 0 saturated heterocycles. The molecule has 1 unspecified atom stereocenters. The summed E-state index contributed by atoms with van der Waals surface area (Å²) in [5, 5.41) is 8.97. The molecule has 1 N–H and O–H groups in total. The van der Waals surface area contributed by atoms with Crippen molar-refractivity contribution < 1.29 is 23.1 Å². The minimum atomic E-state index is -4.58. The lowest BCUT2D eigenvalue weighted by Crippen LogP contribution is -2.19. The van der Waals surface area contributed by atoms with Crippen LogP contribution >= 0.6 is 0 Å². The molecule has 1 fully saturated rings. The van der Waals surface area contributed by atoms with E-state index in [1.807, 2.05) is 0 Å². The van der Waals surface area contributed by atoms with Crippen LogP contribution in [0, 0.1) is 5.92 Å². The zero-order valence-corrected chi connectivity index (χ0v) is 8.61. The average molecular weight is 246 g/mol. The molecule has 92 valence electrons. The number of aliphatic carboxylic acids is 1. The fraction of sp³-hybridized carbons (Fsp3) is 0.500. The molecule has 17 heavy (non-hydrogen) atoms. The maximum absolute atomic E-state index is 12.4. The van der Waals surface area contributed by atoms with Gasteiger partial charge < -0.3 is 5.11 Å². The number of nitrogens with zero attached hydrogens (tertiary/aromatic N) is 2. The molecule has 0 bridgehead atoms. The number of alkyl halides is 3. The number of rotatable bonds is 3. The lowest BCUT2D eigenvalue weighted by Gasteiger charge is -2.11. The molecule has 7 heteroatoms. The number of halogens is 3. The maximum Gasteiger partial charge on any atom is 0.433 e. The third-order valence-corrected chi connectivity index (χ3v) is 2.60.